The minimum atomic E-state index is -0.102. The molecule has 1 saturated heterocycles. The Morgan fingerprint density at radius 3 is 2.50 bits per heavy atom. The third-order valence-corrected chi connectivity index (χ3v) is 4.95. The van der Waals surface area contributed by atoms with Crippen LogP contribution in [0.4, 0.5) is 11.4 Å². The van der Waals surface area contributed by atoms with Crippen molar-refractivity contribution in [2.45, 2.75) is 32.1 Å². The average molecular weight is 412 g/mol. The van der Waals surface area contributed by atoms with Crippen LogP contribution in [0.15, 0.2) is 42.5 Å². The van der Waals surface area contributed by atoms with Crippen molar-refractivity contribution >= 4 is 23.2 Å². The molecule has 1 aliphatic heterocycles. The van der Waals surface area contributed by atoms with Crippen molar-refractivity contribution in [3.05, 3.63) is 42.5 Å². The van der Waals surface area contributed by atoms with Gasteiger partial charge in [-0.1, -0.05) is 0 Å². The molecule has 0 aliphatic carbocycles. The molecule has 160 valence electrons. The second kappa shape index (κ2) is 10.5. The first-order chi connectivity index (χ1) is 14.6. The third kappa shape index (κ3) is 5.65. The summed E-state index contributed by atoms with van der Waals surface area (Å²) in [5.41, 5.74) is 1.34. The number of benzene rings is 2. The molecule has 1 aliphatic rings. The Morgan fingerprint density at radius 2 is 1.80 bits per heavy atom. The number of piperidine rings is 1. The highest BCUT2D eigenvalue weighted by molar-refractivity contribution is 5.97. The van der Waals surface area contributed by atoms with Crippen molar-refractivity contribution in [1.29, 1.82) is 0 Å². The molecular formula is C23H28N2O5. The number of nitrogens with zero attached hydrogens (tertiary/aromatic N) is 1. The van der Waals surface area contributed by atoms with Gasteiger partial charge in [-0.3, -0.25) is 9.59 Å². The van der Waals surface area contributed by atoms with Crippen LogP contribution < -0.4 is 24.4 Å². The van der Waals surface area contributed by atoms with E-state index >= 15 is 0 Å². The van der Waals surface area contributed by atoms with E-state index in [9.17, 15) is 9.59 Å². The van der Waals surface area contributed by atoms with E-state index in [-0.39, 0.29) is 11.8 Å². The van der Waals surface area contributed by atoms with Crippen LogP contribution in [0.5, 0.6) is 17.2 Å². The monoisotopic (exact) mass is 412 g/mol. The van der Waals surface area contributed by atoms with Crippen molar-refractivity contribution in [2.75, 3.05) is 37.6 Å². The quantitative estimate of drug-likeness (QED) is 0.630. The Labute approximate surface area is 176 Å². The largest absolute Gasteiger partial charge is 0.497 e. The smallest absolute Gasteiger partial charge is 0.227 e. The maximum Gasteiger partial charge on any atom is 0.227 e. The first-order valence-corrected chi connectivity index (χ1v) is 10.2. The zero-order valence-corrected chi connectivity index (χ0v) is 17.5. The van der Waals surface area contributed by atoms with E-state index in [0.29, 0.717) is 49.5 Å². The lowest BCUT2D eigenvalue weighted by molar-refractivity contribution is -0.119. The van der Waals surface area contributed by atoms with Gasteiger partial charge in [0.1, 0.15) is 17.2 Å². The highest BCUT2D eigenvalue weighted by Gasteiger charge is 2.23. The first kappa shape index (κ1) is 21.5. The molecule has 2 aromatic rings. The third-order valence-electron chi connectivity index (χ3n) is 4.95. The SMILES string of the molecule is COc1ccc(OCCCC(=O)Nc2ccc(OC)c(N3CCCCC3=O)c2)cc1. The summed E-state index contributed by atoms with van der Waals surface area (Å²) in [6.45, 7) is 1.10. The molecule has 0 bridgehead atoms. The number of ether oxygens (including phenoxy) is 3. The van der Waals surface area contributed by atoms with E-state index in [4.69, 9.17) is 14.2 Å². The van der Waals surface area contributed by atoms with E-state index in [1.165, 1.54) is 0 Å². The van der Waals surface area contributed by atoms with Crippen molar-refractivity contribution in [3.8, 4) is 17.2 Å². The zero-order chi connectivity index (χ0) is 21.3. The minimum Gasteiger partial charge on any atom is -0.497 e. The van der Waals surface area contributed by atoms with Gasteiger partial charge < -0.3 is 24.4 Å². The molecule has 7 nitrogen and oxygen atoms in total. The van der Waals surface area contributed by atoms with Crippen molar-refractivity contribution < 1.29 is 23.8 Å². The lowest BCUT2D eigenvalue weighted by Gasteiger charge is -2.28. The fourth-order valence-corrected chi connectivity index (χ4v) is 3.36. The van der Waals surface area contributed by atoms with Crippen LogP contribution in [0.2, 0.25) is 0 Å². The van der Waals surface area contributed by atoms with Gasteiger partial charge in [-0.05, 0) is 61.7 Å². The molecule has 0 spiro atoms. The van der Waals surface area contributed by atoms with Crippen molar-refractivity contribution in [1.82, 2.24) is 0 Å². The number of anilines is 2. The van der Waals surface area contributed by atoms with Crippen molar-refractivity contribution in [2.24, 2.45) is 0 Å². The van der Waals surface area contributed by atoms with Gasteiger partial charge in [-0.15, -0.1) is 0 Å². The zero-order valence-electron chi connectivity index (χ0n) is 17.5. The Kier molecular flexibility index (Phi) is 7.54. The van der Waals surface area contributed by atoms with Gasteiger partial charge >= 0.3 is 0 Å². The molecule has 0 unspecified atom stereocenters. The number of rotatable bonds is 9. The van der Waals surface area contributed by atoms with E-state index < -0.39 is 0 Å². The molecule has 30 heavy (non-hydrogen) atoms. The van der Waals surface area contributed by atoms with Crippen LogP contribution in [0.1, 0.15) is 32.1 Å². The number of amides is 2. The summed E-state index contributed by atoms with van der Waals surface area (Å²) in [5.74, 6) is 2.11. The predicted molar refractivity (Wildman–Crippen MR) is 116 cm³/mol. The molecule has 1 N–H and O–H groups in total. The predicted octanol–water partition coefficient (Wildman–Crippen LogP) is 4.02. The highest BCUT2D eigenvalue weighted by atomic mass is 16.5. The molecule has 3 rings (SSSR count). The first-order valence-electron chi connectivity index (χ1n) is 10.2. The summed E-state index contributed by atoms with van der Waals surface area (Å²) in [7, 11) is 3.19. The fourth-order valence-electron chi connectivity index (χ4n) is 3.36. The maximum absolute atomic E-state index is 12.3. The molecule has 0 radical (unpaired) electrons. The highest BCUT2D eigenvalue weighted by Crippen LogP contribution is 2.33. The Balaban J connectivity index is 1.51. The lowest BCUT2D eigenvalue weighted by atomic mass is 10.1. The molecule has 2 amide bonds. The van der Waals surface area contributed by atoms with E-state index in [2.05, 4.69) is 5.32 Å². The van der Waals surface area contributed by atoms with Crippen LogP contribution in [-0.2, 0) is 9.59 Å². The number of hydrogen-bond donors (Lipinski definition) is 1. The van der Waals surface area contributed by atoms with Crippen LogP contribution in [-0.4, -0.2) is 39.2 Å². The molecular weight excluding hydrogens is 384 g/mol. The van der Waals surface area contributed by atoms with Gasteiger partial charge in [-0.2, -0.15) is 0 Å². The second-order valence-electron chi connectivity index (χ2n) is 7.06. The number of methoxy groups -OCH3 is 2. The number of carbonyl (C=O) groups is 2. The standard InChI is InChI=1S/C23H28N2O5/c1-28-18-9-11-19(12-10-18)30-15-5-6-22(26)24-17-8-13-21(29-2)20(16-17)25-14-4-3-7-23(25)27/h8-13,16H,3-7,14-15H2,1-2H3,(H,24,26). The number of carbonyl (C=O) groups excluding carboxylic acids is 2. The Bertz CT molecular complexity index is 866. The van der Waals surface area contributed by atoms with Gasteiger partial charge in [0.25, 0.3) is 0 Å². The average Bonchev–Trinajstić information content (AvgIpc) is 2.77. The Hall–Kier alpha value is -3.22. The van der Waals surface area contributed by atoms with E-state index in [1.807, 2.05) is 24.3 Å². The molecule has 0 saturated carbocycles. The summed E-state index contributed by atoms with van der Waals surface area (Å²) >= 11 is 0. The molecule has 2 aromatic carbocycles. The topological polar surface area (TPSA) is 77.1 Å². The summed E-state index contributed by atoms with van der Waals surface area (Å²) in [5, 5.41) is 2.90. The van der Waals surface area contributed by atoms with Crippen LogP contribution in [0, 0.1) is 0 Å². The molecule has 7 heteroatoms. The molecule has 0 aromatic heterocycles. The van der Waals surface area contributed by atoms with Gasteiger partial charge in [0.15, 0.2) is 0 Å². The van der Waals surface area contributed by atoms with Crippen LogP contribution >= 0.6 is 0 Å². The molecule has 1 heterocycles. The van der Waals surface area contributed by atoms with E-state index in [1.54, 1.807) is 37.3 Å². The fraction of sp³-hybridized carbons (Fsp3) is 0.391. The van der Waals surface area contributed by atoms with Gasteiger partial charge in [0, 0.05) is 25.1 Å². The number of nitrogens with one attached hydrogen (secondary N) is 1. The lowest BCUT2D eigenvalue weighted by Crippen LogP contribution is -2.35. The van der Waals surface area contributed by atoms with E-state index in [0.717, 1.165) is 24.3 Å². The summed E-state index contributed by atoms with van der Waals surface area (Å²) < 4.78 is 16.2. The summed E-state index contributed by atoms with van der Waals surface area (Å²) in [6, 6.07) is 12.7. The minimum absolute atomic E-state index is 0.0821. The second-order valence-corrected chi connectivity index (χ2v) is 7.06. The van der Waals surface area contributed by atoms with Crippen LogP contribution in [0.25, 0.3) is 0 Å². The van der Waals surface area contributed by atoms with Gasteiger partial charge in [-0.25, -0.2) is 0 Å². The van der Waals surface area contributed by atoms with Crippen LogP contribution in [0.3, 0.4) is 0 Å². The summed E-state index contributed by atoms with van der Waals surface area (Å²) in [6.07, 6.45) is 3.33. The summed E-state index contributed by atoms with van der Waals surface area (Å²) in [4.78, 5) is 26.3. The van der Waals surface area contributed by atoms with Gasteiger partial charge in [0.2, 0.25) is 11.8 Å². The molecule has 0 atom stereocenters. The maximum atomic E-state index is 12.3. The molecule has 1 fully saturated rings. The number of hydrogen-bond acceptors (Lipinski definition) is 5. The normalized spacial score (nSPS) is 13.7. The van der Waals surface area contributed by atoms with Crippen molar-refractivity contribution in [3.63, 3.8) is 0 Å². The Morgan fingerprint density at radius 1 is 1.03 bits per heavy atom. The van der Waals surface area contributed by atoms with Gasteiger partial charge in [0.05, 0.1) is 26.5 Å².